The van der Waals surface area contributed by atoms with E-state index in [0.717, 1.165) is 13.0 Å². The predicted molar refractivity (Wildman–Crippen MR) is 77.2 cm³/mol. The minimum atomic E-state index is -3.24. The molecule has 1 heterocycles. The molecule has 0 fully saturated rings. The largest absolute Gasteiger partial charge is 0.368 e. The third kappa shape index (κ3) is 5.58. The molecule has 108 valence electrons. The van der Waals surface area contributed by atoms with Crippen LogP contribution in [-0.4, -0.2) is 44.3 Å². The molecular weight excluding hydrogens is 290 g/mol. The van der Waals surface area contributed by atoms with Crippen LogP contribution in [0.4, 0.5) is 11.8 Å². The molecule has 0 bridgehead atoms. The van der Waals surface area contributed by atoms with Crippen LogP contribution in [0.5, 0.6) is 0 Å². The topological polar surface area (TPSA) is 96.0 Å². The molecule has 1 aromatic heterocycles. The summed E-state index contributed by atoms with van der Waals surface area (Å²) in [5, 5.41) is 6.26. The molecule has 19 heavy (non-hydrogen) atoms. The highest BCUT2D eigenvalue weighted by Crippen LogP contribution is 2.18. The summed E-state index contributed by atoms with van der Waals surface area (Å²) < 4.78 is 24.7. The number of hydrogen-bond donors (Lipinski definition) is 3. The second kappa shape index (κ2) is 7.46. The van der Waals surface area contributed by atoms with Crippen LogP contribution in [0, 0.1) is 0 Å². The Bertz CT molecular complexity index is 509. The van der Waals surface area contributed by atoms with Gasteiger partial charge in [-0.3, -0.25) is 0 Å². The molecule has 0 spiro atoms. The van der Waals surface area contributed by atoms with Crippen molar-refractivity contribution in [3.8, 4) is 0 Å². The van der Waals surface area contributed by atoms with Crippen LogP contribution in [0.2, 0.25) is 5.02 Å². The second-order valence-electron chi connectivity index (χ2n) is 3.77. The molecule has 0 saturated carbocycles. The molecule has 0 unspecified atom stereocenters. The van der Waals surface area contributed by atoms with Crippen molar-refractivity contribution in [3.05, 3.63) is 11.2 Å². The molecule has 0 radical (unpaired) electrons. The van der Waals surface area contributed by atoms with E-state index in [1.807, 2.05) is 6.92 Å². The zero-order valence-electron chi connectivity index (χ0n) is 10.9. The van der Waals surface area contributed by atoms with Crippen LogP contribution in [-0.2, 0) is 10.0 Å². The molecule has 0 atom stereocenters. The SMILES string of the molecule is CCCNc1ncc(Cl)c(NCCS(=O)(=O)NC)n1. The first-order valence-electron chi connectivity index (χ1n) is 5.90. The van der Waals surface area contributed by atoms with Gasteiger partial charge in [0.2, 0.25) is 16.0 Å². The van der Waals surface area contributed by atoms with E-state index in [4.69, 9.17) is 11.6 Å². The van der Waals surface area contributed by atoms with Crippen molar-refractivity contribution < 1.29 is 8.42 Å². The monoisotopic (exact) mass is 307 g/mol. The summed E-state index contributed by atoms with van der Waals surface area (Å²) in [4.78, 5) is 8.20. The Morgan fingerprint density at radius 3 is 2.68 bits per heavy atom. The third-order valence-corrected chi connectivity index (χ3v) is 3.89. The Labute approximate surface area is 118 Å². The minimum Gasteiger partial charge on any atom is -0.368 e. The fraction of sp³-hybridized carbons (Fsp3) is 0.600. The molecule has 0 aromatic carbocycles. The lowest BCUT2D eigenvalue weighted by molar-refractivity contribution is 0.588. The third-order valence-electron chi connectivity index (χ3n) is 2.25. The van der Waals surface area contributed by atoms with E-state index in [1.165, 1.54) is 13.2 Å². The van der Waals surface area contributed by atoms with Crippen molar-refractivity contribution in [3.63, 3.8) is 0 Å². The molecular formula is C10H18ClN5O2S. The summed E-state index contributed by atoms with van der Waals surface area (Å²) >= 11 is 5.93. The van der Waals surface area contributed by atoms with Crippen LogP contribution in [0.25, 0.3) is 0 Å². The number of nitrogens with zero attached hydrogens (tertiary/aromatic N) is 2. The predicted octanol–water partition coefficient (Wildman–Crippen LogP) is 0.913. The standard InChI is InChI=1S/C10H18ClN5O2S/c1-3-4-14-10-15-7-8(11)9(16-10)13-5-6-19(17,18)12-2/h7,12H,3-6H2,1-2H3,(H2,13,14,15,16). The average Bonchev–Trinajstić information content (AvgIpc) is 2.39. The zero-order chi connectivity index (χ0) is 14.3. The van der Waals surface area contributed by atoms with Gasteiger partial charge in [0.05, 0.1) is 11.9 Å². The maximum absolute atomic E-state index is 11.3. The van der Waals surface area contributed by atoms with Gasteiger partial charge in [-0.2, -0.15) is 4.98 Å². The van der Waals surface area contributed by atoms with Gasteiger partial charge in [-0.1, -0.05) is 18.5 Å². The maximum atomic E-state index is 11.3. The normalized spacial score (nSPS) is 11.3. The lowest BCUT2D eigenvalue weighted by Crippen LogP contribution is -2.26. The second-order valence-corrected chi connectivity index (χ2v) is 6.22. The molecule has 1 aromatic rings. The highest BCUT2D eigenvalue weighted by Gasteiger charge is 2.08. The first kappa shape index (κ1) is 15.9. The van der Waals surface area contributed by atoms with Crippen LogP contribution in [0.15, 0.2) is 6.20 Å². The Morgan fingerprint density at radius 2 is 2.05 bits per heavy atom. The quantitative estimate of drug-likeness (QED) is 0.661. The van der Waals surface area contributed by atoms with Crippen molar-refractivity contribution in [1.82, 2.24) is 14.7 Å². The van der Waals surface area contributed by atoms with Crippen LogP contribution < -0.4 is 15.4 Å². The van der Waals surface area contributed by atoms with Crippen molar-refractivity contribution >= 4 is 33.4 Å². The summed E-state index contributed by atoms with van der Waals surface area (Å²) in [6, 6.07) is 0. The van der Waals surface area contributed by atoms with E-state index in [-0.39, 0.29) is 12.3 Å². The average molecular weight is 308 g/mol. The van der Waals surface area contributed by atoms with Gasteiger partial charge < -0.3 is 10.6 Å². The van der Waals surface area contributed by atoms with Crippen LogP contribution in [0.1, 0.15) is 13.3 Å². The number of anilines is 2. The Balaban J connectivity index is 2.61. The van der Waals surface area contributed by atoms with Gasteiger partial charge in [0.1, 0.15) is 5.02 Å². The molecule has 9 heteroatoms. The van der Waals surface area contributed by atoms with Crippen molar-refractivity contribution in [2.75, 3.05) is 36.5 Å². The van der Waals surface area contributed by atoms with E-state index in [0.29, 0.717) is 16.8 Å². The van der Waals surface area contributed by atoms with Gasteiger partial charge in [-0.05, 0) is 13.5 Å². The minimum absolute atomic E-state index is 0.0540. The zero-order valence-corrected chi connectivity index (χ0v) is 12.5. The number of halogens is 1. The number of rotatable bonds is 8. The fourth-order valence-electron chi connectivity index (χ4n) is 1.22. The molecule has 1 rings (SSSR count). The van der Waals surface area contributed by atoms with E-state index >= 15 is 0 Å². The summed E-state index contributed by atoms with van der Waals surface area (Å²) in [7, 11) is -1.87. The van der Waals surface area contributed by atoms with Gasteiger partial charge in [0.15, 0.2) is 5.82 Å². The molecule has 0 aliphatic carbocycles. The van der Waals surface area contributed by atoms with Gasteiger partial charge in [0.25, 0.3) is 0 Å². The molecule has 3 N–H and O–H groups in total. The molecule has 0 amide bonds. The van der Waals surface area contributed by atoms with Crippen molar-refractivity contribution in [2.45, 2.75) is 13.3 Å². The highest BCUT2D eigenvalue weighted by atomic mass is 35.5. The van der Waals surface area contributed by atoms with Gasteiger partial charge in [0, 0.05) is 13.1 Å². The summed E-state index contributed by atoms with van der Waals surface area (Å²) in [6.07, 6.45) is 2.43. The molecule has 0 aliphatic heterocycles. The van der Waals surface area contributed by atoms with Gasteiger partial charge in [-0.15, -0.1) is 0 Å². The summed E-state index contributed by atoms with van der Waals surface area (Å²) in [6.45, 7) is 3.01. The van der Waals surface area contributed by atoms with Gasteiger partial charge in [-0.25, -0.2) is 18.1 Å². The van der Waals surface area contributed by atoms with Crippen LogP contribution in [0.3, 0.4) is 0 Å². The van der Waals surface area contributed by atoms with E-state index in [1.54, 1.807) is 0 Å². The summed E-state index contributed by atoms with van der Waals surface area (Å²) in [5.41, 5.74) is 0. The molecule has 0 saturated heterocycles. The first-order chi connectivity index (χ1) is 8.98. The van der Waals surface area contributed by atoms with Crippen LogP contribution >= 0.6 is 11.6 Å². The fourth-order valence-corrected chi connectivity index (χ4v) is 1.95. The molecule has 7 nitrogen and oxygen atoms in total. The lowest BCUT2D eigenvalue weighted by Gasteiger charge is -2.09. The van der Waals surface area contributed by atoms with Gasteiger partial charge >= 0.3 is 0 Å². The molecule has 0 aliphatic rings. The first-order valence-corrected chi connectivity index (χ1v) is 7.93. The van der Waals surface area contributed by atoms with E-state index in [9.17, 15) is 8.42 Å². The smallest absolute Gasteiger partial charge is 0.224 e. The number of nitrogens with one attached hydrogen (secondary N) is 3. The number of hydrogen-bond acceptors (Lipinski definition) is 6. The Kier molecular flexibility index (Phi) is 6.26. The number of aromatic nitrogens is 2. The van der Waals surface area contributed by atoms with Crippen molar-refractivity contribution in [2.24, 2.45) is 0 Å². The lowest BCUT2D eigenvalue weighted by atomic mass is 10.5. The highest BCUT2D eigenvalue weighted by molar-refractivity contribution is 7.89. The summed E-state index contributed by atoms with van der Waals surface area (Å²) in [5.74, 6) is 0.827. The Morgan fingerprint density at radius 1 is 1.32 bits per heavy atom. The van der Waals surface area contributed by atoms with E-state index in [2.05, 4.69) is 25.3 Å². The Hall–Kier alpha value is -1.12. The van der Waals surface area contributed by atoms with Crippen molar-refractivity contribution in [1.29, 1.82) is 0 Å². The van der Waals surface area contributed by atoms with E-state index < -0.39 is 10.0 Å². The number of sulfonamides is 1. The maximum Gasteiger partial charge on any atom is 0.224 e.